The summed E-state index contributed by atoms with van der Waals surface area (Å²) in [5, 5.41) is 3.06. The van der Waals surface area contributed by atoms with Gasteiger partial charge in [-0.05, 0) is 59.7 Å². The Morgan fingerprint density at radius 1 is 0.933 bits per heavy atom. The fourth-order valence-corrected chi connectivity index (χ4v) is 3.21. The molecule has 1 aliphatic rings. The molecule has 1 N–H and O–H groups in total. The third-order valence-electron chi connectivity index (χ3n) is 4.75. The van der Waals surface area contributed by atoms with E-state index in [1.54, 1.807) is 55.9 Å². The molecule has 2 heterocycles. The molecule has 4 rings (SSSR count). The lowest BCUT2D eigenvalue weighted by Crippen LogP contribution is -2.32. The second kappa shape index (κ2) is 8.16. The molecule has 0 atom stereocenters. The van der Waals surface area contributed by atoms with Crippen molar-refractivity contribution < 1.29 is 18.7 Å². The van der Waals surface area contributed by atoms with Crippen molar-refractivity contribution in [3.63, 3.8) is 0 Å². The average molecular weight is 403 g/mol. The van der Waals surface area contributed by atoms with Gasteiger partial charge in [-0.2, -0.15) is 0 Å². The van der Waals surface area contributed by atoms with Crippen molar-refractivity contribution >= 4 is 23.1 Å². The first kappa shape index (κ1) is 19.3. The van der Waals surface area contributed by atoms with Crippen LogP contribution in [0.3, 0.4) is 0 Å². The predicted octanol–water partition coefficient (Wildman–Crippen LogP) is 3.62. The number of carbonyl (C=O) groups is 2. The van der Waals surface area contributed by atoms with Crippen LogP contribution in [0.25, 0.3) is 5.57 Å². The lowest BCUT2D eigenvalue weighted by atomic mass is 10.0. The van der Waals surface area contributed by atoms with Gasteiger partial charge in [0.2, 0.25) is 0 Å². The quantitative estimate of drug-likeness (QED) is 0.637. The van der Waals surface area contributed by atoms with Gasteiger partial charge in [-0.15, -0.1) is 0 Å². The zero-order valence-electron chi connectivity index (χ0n) is 16.1. The lowest BCUT2D eigenvalue weighted by molar-refractivity contribution is -0.137. The summed E-state index contributed by atoms with van der Waals surface area (Å²) in [5.74, 6) is -0.651. The van der Waals surface area contributed by atoms with Crippen molar-refractivity contribution in [1.29, 1.82) is 0 Å². The van der Waals surface area contributed by atoms with E-state index in [9.17, 15) is 14.0 Å². The van der Waals surface area contributed by atoms with Gasteiger partial charge in [0.1, 0.15) is 17.3 Å². The van der Waals surface area contributed by atoms with E-state index in [1.807, 2.05) is 0 Å². The Balaban J connectivity index is 1.72. The number of nitrogens with zero attached hydrogens (tertiary/aromatic N) is 2. The molecule has 6 nitrogen and oxygen atoms in total. The van der Waals surface area contributed by atoms with Crippen LogP contribution in [0.15, 0.2) is 78.8 Å². The molecule has 0 aliphatic carbocycles. The molecule has 1 aromatic heterocycles. The van der Waals surface area contributed by atoms with Gasteiger partial charge in [0.15, 0.2) is 0 Å². The molecule has 2 aromatic carbocycles. The van der Waals surface area contributed by atoms with Gasteiger partial charge >= 0.3 is 0 Å². The van der Waals surface area contributed by atoms with Crippen LogP contribution >= 0.6 is 0 Å². The molecule has 1 aliphatic heterocycles. The number of hydrogen-bond acceptors (Lipinski definition) is 5. The Hall–Kier alpha value is -4.00. The van der Waals surface area contributed by atoms with Gasteiger partial charge < -0.3 is 10.1 Å². The predicted molar refractivity (Wildman–Crippen MR) is 110 cm³/mol. The van der Waals surface area contributed by atoms with Gasteiger partial charge in [0.25, 0.3) is 11.8 Å². The number of benzene rings is 2. The summed E-state index contributed by atoms with van der Waals surface area (Å²) in [6, 6.07) is 16.0. The van der Waals surface area contributed by atoms with Crippen molar-refractivity contribution in [3.05, 3.63) is 95.7 Å². The average Bonchev–Trinajstić information content (AvgIpc) is 3.00. The number of aromatic nitrogens is 1. The van der Waals surface area contributed by atoms with Crippen molar-refractivity contribution in [3.8, 4) is 5.75 Å². The van der Waals surface area contributed by atoms with Crippen molar-refractivity contribution in [2.75, 3.05) is 12.4 Å². The van der Waals surface area contributed by atoms with Crippen molar-refractivity contribution in [2.45, 2.75) is 6.54 Å². The number of ether oxygens (including phenoxy) is 1. The number of anilines is 1. The maximum atomic E-state index is 13.4. The molecule has 0 spiro atoms. The molecule has 0 unspecified atom stereocenters. The van der Waals surface area contributed by atoms with E-state index in [0.717, 1.165) is 5.56 Å². The Morgan fingerprint density at radius 2 is 1.60 bits per heavy atom. The third kappa shape index (κ3) is 3.77. The molecule has 0 bridgehead atoms. The maximum Gasteiger partial charge on any atom is 0.278 e. The second-order valence-corrected chi connectivity index (χ2v) is 6.66. The molecular weight excluding hydrogens is 385 g/mol. The van der Waals surface area contributed by atoms with Gasteiger partial charge in [-0.25, -0.2) is 4.39 Å². The molecule has 0 fully saturated rings. The van der Waals surface area contributed by atoms with Crippen LogP contribution in [0.4, 0.5) is 10.1 Å². The number of amides is 2. The lowest BCUT2D eigenvalue weighted by Gasteiger charge is -2.15. The van der Waals surface area contributed by atoms with Gasteiger partial charge in [0, 0.05) is 18.1 Å². The molecular formula is C23H18FN3O3. The number of pyridine rings is 1. The highest BCUT2D eigenvalue weighted by atomic mass is 19.1. The summed E-state index contributed by atoms with van der Waals surface area (Å²) in [6.45, 7) is 0.110. The van der Waals surface area contributed by atoms with Crippen molar-refractivity contribution in [1.82, 2.24) is 9.88 Å². The SMILES string of the molecule is COc1ccc(NC2=C(c3ccc(F)cc3)C(=O)N(Cc3ccncc3)C2=O)cc1. The van der Waals surface area contributed by atoms with Crippen LogP contribution in [0.2, 0.25) is 0 Å². The van der Waals surface area contributed by atoms with Crippen LogP contribution in [0, 0.1) is 5.82 Å². The van der Waals surface area contributed by atoms with Crippen LogP contribution < -0.4 is 10.1 Å². The first-order valence-electron chi connectivity index (χ1n) is 9.23. The smallest absolute Gasteiger partial charge is 0.278 e. The minimum absolute atomic E-state index is 0.110. The summed E-state index contributed by atoms with van der Waals surface area (Å²) in [5.41, 5.74) is 2.20. The van der Waals surface area contributed by atoms with Gasteiger partial charge in [-0.3, -0.25) is 19.5 Å². The largest absolute Gasteiger partial charge is 0.497 e. The number of rotatable bonds is 6. The van der Waals surface area contributed by atoms with Crippen LogP contribution in [0.1, 0.15) is 11.1 Å². The number of imide groups is 1. The Kier molecular flexibility index (Phi) is 5.26. The Morgan fingerprint density at radius 3 is 2.23 bits per heavy atom. The summed E-state index contributed by atoms with van der Waals surface area (Å²) < 4.78 is 18.6. The molecule has 7 heteroatoms. The summed E-state index contributed by atoms with van der Waals surface area (Å²) in [6.07, 6.45) is 3.20. The number of nitrogens with one attached hydrogen (secondary N) is 1. The molecule has 150 valence electrons. The summed E-state index contributed by atoms with van der Waals surface area (Å²) >= 11 is 0. The molecule has 0 radical (unpaired) electrons. The zero-order valence-corrected chi connectivity index (χ0v) is 16.1. The minimum Gasteiger partial charge on any atom is -0.497 e. The highest BCUT2D eigenvalue weighted by Gasteiger charge is 2.39. The van der Waals surface area contributed by atoms with Crippen LogP contribution in [0.5, 0.6) is 5.75 Å². The van der Waals surface area contributed by atoms with Crippen LogP contribution in [-0.4, -0.2) is 28.8 Å². The molecule has 0 saturated heterocycles. The van der Waals surface area contributed by atoms with E-state index in [4.69, 9.17) is 4.74 Å². The summed E-state index contributed by atoms with van der Waals surface area (Å²) in [7, 11) is 1.56. The van der Waals surface area contributed by atoms with E-state index in [-0.39, 0.29) is 17.8 Å². The van der Waals surface area contributed by atoms with E-state index in [0.29, 0.717) is 17.0 Å². The highest BCUT2D eigenvalue weighted by molar-refractivity contribution is 6.36. The standard InChI is InChI=1S/C23H18FN3O3/c1-30-19-8-6-18(7-9-19)26-21-20(16-2-4-17(24)5-3-16)22(28)27(23(21)29)14-15-10-12-25-13-11-15/h2-13,26H,14H2,1H3. The second-order valence-electron chi connectivity index (χ2n) is 6.66. The monoisotopic (exact) mass is 403 g/mol. The van der Waals surface area contributed by atoms with E-state index >= 15 is 0 Å². The number of carbonyl (C=O) groups excluding carboxylic acids is 2. The number of methoxy groups -OCH3 is 1. The zero-order chi connectivity index (χ0) is 21.1. The Bertz CT molecular complexity index is 1110. The normalized spacial score (nSPS) is 13.7. The van der Waals surface area contributed by atoms with Gasteiger partial charge in [0.05, 0.1) is 19.2 Å². The molecule has 30 heavy (non-hydrogen) atoms. The van der Waals surface area contributed by atoms with E-state index in [2.05, 4.69) is 10.3 Å². The molecule has 2 amide bonds. The fourth-order valence-electron chi connectivity index (χ4n) is 3.21. The van der Waals surface area contributed by atoms with Gasteiger partial charge in [-0.1, -0.05) is 12.1 Å². The third-order valence-corrected chi connectivity index (χ3v) is 4.75. The summed E-state index contributed by atoms with van der Waals surface area (Å²) in [4.78, 5) is 31.5. The molecule has 0 saturated carbocycles. The number of halogens is 1. The topological polar surface area (TPSA) is 71.5 Å². The molecule has 3 aromatic rings. The Labute approximate surface area is 172 Å². The first-order valence-corrected chi connectivity index (χ1v) is 9.23. The minimum atomic E-state index is -0.452. The first-order chi connectivity index (χ1) is 14.6. The van der Waals surface area contributed by atoms with E-state index < -0.39 is 17.6 Å². The van der Waals surface area contributed by atoms with Crippen molar-refractivity contribution in [2.24, 2.45) is 0 Å². The maximum absolute atomic E-state index is 13.4. The number of hydrogen-bond donors (Lipinski definition) is 1. The fraction of sp³-hybridized carbons (Fsp3) is 0.0870. The van der Waals surface area contributed by atoms with E-state index in [1.165, 1.54) is 29.2 Å². The van der Waals surface area contributed by atoms with Crippen LogP contribution in [-0.2, 0) is 16.1 Å². The highest BCUT2D eigenvalue weighted by Crippen LogP contribution is 2.32.